The van der Waals surface area contributed by atoms with E-state index in [1.807, 2.05) is 103 Å². The third-order valence-electron chi connectivity index (χ3n) is 7.34. The Hall–Kier alpha value is -5.81. The van der Waals surface area contributed by atoms with Gasteiger partial charge in [0.25, 0.3) is 0 Å². The fourth-order valence-electron chi connectivity index (χ4n) is 5.24. The van der Waals surface area contributed by atoms with Gasteiger partial charge in [0.15, 0.2) is 11.7 Å². The van der Waals surface area contributed by atoms with Crippen LogP contribution in [0.2, 0.25) is 0 Å². The number of aliphatic imine (C=N–C) groups is 1. The number of para-hydroxylation sites is 2. The summed E-state index contributed by atoms with van der Waals surface area (Å²) < 4.78 is 2.05. The maximum Gasteiger partial charge on any atom is 0.154 e. The van der Waals surface area contributed by atoms with Crippen LogP contribution < -0.4 is 5.43 Å². The third kappa shape index (κ3) is 4.84. The summed E-state index contributed by atoms with van der Waals surface area (Å²) in [6.45, 7) is 0. The molecule has 5 nitrogen and oxygen atoms in total. The molecule has 0 amide bonds. The molecule has 7 rings (SSSR count). The second kappa shape index (κ2) is 11.0. The molecule has 200 valence electrons. The zero-order valence-electron chi connectivity index (χ0n) is 22.8. The predicted octanol–water partition coefficient (Wildman–Crippen LogP) is 8.54. The number of amidine groups is 2. The van der Waals surface area contributed by atoms with E-state index in [1.54, 1.807) is 0 Å². The van der Waals surface area contributed by atoms with Gasteiger partial charge >= 0.3 is 0 Å². The lowest BCUT2D eigenvalue weighted by atomic mass is 10.1. The Labute approximate surface area is 243 Å². The molecule has 0 aliphatic rings. The summed E-state index contributed by atoms with van der Waals surface area (Å²) in [5.74, 6) is 0.757. The van der Waals surface area contributed by atoms with Crippen LogP contribution >= 0.6 is 0 Å². The van der Waals surface area contributed by atoms with E-state index in [4.69, 9.17) is 15.4 Å². The van der Waals surface area contributed by atoms with Crippen molar-refractivity contribution in [2.45, 2.75) is 0 Å². The number of hydrogen-bond acceptors (Lipinski definition) is 2. The van der Waals surface area contributed by atoms with Gasteiger partial charge in [-0.3, -0.25) is 15.5 Å². The third-order valence-corrected chi connectivity index (χ3v) is 7.34. The molecule has 2 heterocycles. The highest BCUT2D eigenvalue weighted by Gasteiger charge is 2.14. The monoisotopic (exact) mass is 541 g/mol. The first-order valence-electron chi connectivity index (χ1n) is 13.9. The summed E-state index contributed by atoms with van der Waals surface area (Å²) in [7, 11) is 0. The molecule has 7 aromatic rings. The average Bonchev–Trinajstić information content (AvgIpc) is 3.38. The second-order valence-corrected chi connectivity index (χ2v) is 10.0. The largest absolute Gasteiger partial charge is 0.282 e. The van der Waals surface area contributed by atoms with Gasteiger partial charge in [-0.15, -0.1) is 0 Å². The molecule has 0 aliphatic carbocycles. The molecule has 2 N–H and O–H groups in total. The van der Waals surface area contributed by atoms with Crippen molar-refractivity contribution in [1.29, 1.82) is 5.41 Å². The Bertz CT molecular complexity index is 2000. The van der Waals surface area contributed by atoms with Crippen LogP contribution in [-0.2, 0) is 0 Å². The van der Waals surface area contributed by atoms with Gasteiger partial charge in [-0.2, -0.15) is 0 Å². The highest BCUT2D eigenvalue weighted by molar-refractivity contribution is 6.16. The van der Waals surface area contributed by atoms with E-state index in [0.29, 0.717) is 5.84 Å². The summed E-state index contributed by atoms with van der Waals surface area (Å²) in [5, 5.41) is 11.2. The number of aromatic nitrogens is 2. The lowest BCUT2D eigenvalue weighted by molar-refractivity contribution is 1.08. The van der Waals surface area contributed by atoms with E-state index in [0.717, 1.165) is 55.4 Å². The fourth-order valence-corrected chi connectivity index (χ4v) is 5.24. The lowest BCUT2D eigenvalue weighted by Gasteiger charge is -2.14. The summed E-state index contributed by atoms with van der Waals surface area (Å²) in [6.07, 6.45) is 0. The highest BCUT2D eigenvalue weighted by atomic mass is 15.4. The summed E-state index contributed by atoms with van der Waals surface area (Å²) >= 11 is 0. The van der Waals surface area contributed by atoms with Gasteiger partial charge in [0, 0.05) is 33.0 Å². The Morgan fingerprint density at radius 1 is 0.524 bits per heavy atom. The van der Waals surface area contributed by atoms with Gasteiger partial charge in [0.05, 0.1) is 22.4 Å². The van der Waals surface area contributed by atoms with E-state index < -0.39 is 0 Å². The Morgan fingerprint density at radius 2 is 1.05 bits per heavy atom. The zero-order chi connectivity index (χ0) is 28.3. The number of nitrogens with zero attached hydrogens (tertiary/aromatic N) is 3. The Morgan fingerprint density at radius 3 is 1.67 bits per heavy atom. The van der Waals surface area contributed by atoms with Crippen LogP contribution in [0.5, 0.6) is 0 Å². The molecule has 0 unspecified atom stereocenters. The summed E-state index contributed by atoms with van der Waals surface area (Å²) in [5.41, 5.74) is 11.1. The molecule has 0 atom stereocenters. The van der Waals surface area contributed by atoms with Crippen LogP contribution in [0.4, 0.5) is 0 Å². The first-order chi connectivity index (χ1) is 20.7. The number of hydrogen-bond donors (Lipinski definition) is 2. The molecular weight excluding hydrogens is 514 g/mol. The quantitative estimate of drug-likeness (QED) is 0.169. The fraction of sp³-hybridized carbons (Fsp3) is 0. The van der Waals surface area contributed by atoms with Crippen molar-refractivity contribution in [2.24, 2.45) is 4.99 Å². The molecule has 2 aromatic heterocycles. The van der Waals surface area contributed by atoms with Crippen molar-refractivity contribution in [3.05, 3.63) is 163 Å². The van der Waals surface area contributed by atoms with E-state index >= 15 is 0 Å². The molecular formula is C37H27N5. The molecule has 0 spiro atoms. The topological polar surface area (TPSA) is 66.1 Å². The molecule has 5 aromatic carbocycles. The van der Waals surface area contributed by atoms with Gasteiger partial charge in [-0.05, 0) is 24.3 Å². The molecule has 0 bridgehead atoms. The minimum Gasteiger partial charge on any atom is -0.282 e. The first-order valence-corrected chi connectivity index (χ1v) is 13.9. The number of nitrogens with one attached hydrogen (secondary N) is 2. The van der Waals surface area contributed by atoms with Gasteiger partial charge in [-0.1, -0.05) is 127 Å². The molecule has 42 heavy (non-hydrogen) atoms. The number of rotatable bonds is 5. The molecule has 0 saturated carbocycles. The molecule has 0 radical (unpaired) electrons. The van der Waals surface area contributed by atoms with Crippen LogP contribution in [0.1, 0.15) is 11.1 Å². The van der Waals surface area contributed by atoms with E-state index in [9.17, 15) is 0 Å². The zero-order valence-corrected chi connectivity index (χ0v) is 22.8. The number of benzene rings is 5. The Kier molecular flexibility index (Phi) is 6.59. The van der Waals surface area contributed by atoms with E-state index in [-0.39, 0.29) is 5.84 Å². The minimum absolute atomic E-state index is 0.166. The lowest BCUT2D eigenvalue weighted by Crippen LogP contribution is -2.25. The van der Waals surface area contributed by atoms with Crippen LogP contribution in [0.15, 0.2) is 157 Å². The van der Waals surface area contributed by atoms with Crippen LogP contribution in [0, 0.1) is 5.41 Å². The van der Waals surface area contributed by atoms with Crippen molar-refractivity contribution in [3.63, 3.8) is 0 Å². The predicted molar refractivity (Wildman–Crippen MR) is 174 cm³/mol. The Balaban J connectivity index is 1.23. The van der Waals surface area contributed by atoms with Gasteiger partial charge in [-0.25, -0.2) is 9.98 Å². The first kappa shape index (κ1) is 25.2. The second-order valence-electron chi connectivity index (χ2n) is 10.0. The standard InChI is InChI=1S/C37H27N5/c38-36(28-24-22-27(23-25-28)33-19-11-18-32(39-33)26-12-3-1-4-13-26)40-37(29-14-5-2-6-15-29)41-42-34-20-9-7-16-30(34)31-17-8-10-21-35(31)42/h1-25H,(H2,38,40,41). The van der Waals surface area contributed by atoms with Gasteiger partial charge in [0.2, 0.25) is 0 Å². The number of fused-ring (bicyclic) bond motifs is 3. The van der Waals surface area contributed by atoms with E-state index in [1.165, 1.54) is 0 Å². The van der Waals surface area contributed by atoms with Crippen molar-refractivity contribution in [2.75, 3.05) is 5.43 Å². The highest BCUT2D eigenvalue weighted by Crippen LogP contribution is 2.28. The summed E-state index contributed by atoms with van der Waals surface area (Å²) in [6, 6.07) is 50.6. The maximum atomic E-state index is 8.93. The normalized spacial score (nSPS) is 11.6. The molecule has 0 saturated heterocycles. The van der Waals surface area contributed by atoms with Crippen molar-refractivity contribution >= 4 is 33.5 Å². The smallest absolute Gasteiger partial charge is 0.154 e. The van der Waals surface area contributed by atoms with Crippen molar-refractivity contribution < 1.29 is 0 Å². The SMILES string of the molecule is N=C(/N=C(\Nn1c2ccccc2c2ccccc21)c1ccccc1)c1ccc(-c2cccc(-c3ccccc3)n2)cc1. The minimum atomic E-state index is 0.166. The van der Waals surface area contributed by atoms with Gasteiger partial charge < -0.3 is 0 Å². The average molecular weight is 542 g/mol. The van der Waals surface area contributed by atoms with Crippen LogP contribution in [-0.4, -0.2) is 21.3 Å². The maximum absolute atomic E-state index is 8.93. The van der Waals surface area contributed by atoms with Crippen LogP contribution in [0.25, 0.3) is 44.3 Å². The van der Waals surface area contributed by atoms with Gasteiger partial charge in [0.1, 0.15) is 0 Å². The van der Waals surface area contributed by atoms with E-state index in [2.05, 4.69) is 58.6 Å². The molecule has 0 fully saturated rings. The molecule has 0 aliphatic heterocycles. The van der Waals surface area contributed by atoms with Crippen molar-refractivity contribution in [1.82, 2.24) is 9.66 Å². The van der Waals surface area contributed by atoms with Crippen molar-refractivity contribution in [3.8, 4) is 22.5 Å². The molecule has 5 heteroatoms. The summed E-state index contributed by atoms with van der Waals surface area (Å²) in [4.78, 5) is 9.69. The number of pyridine rings is 1. The van der Waals surface area contributed by atoms with Crippen LogP contribution in [0.3, 0.4) is 0 Å².